The highest BCUT2D eigenvalue weighted by molar-refractivity contribution is 5.42. The second-order valence-corrected chi connectivity index (χ2v) is 4.93. The molecule has 6 heteroatoms. The third-order valence-corrected chi connectivity index (χ3v) is 3.11. The highest BCUT2D eigenvalue weighted by Gasteiger charge is 2.14. The van der Waals surface area contributed by atoms with Crippen LogP contribution in [0.25, 0.3) is 0 Å². The Balaban J connectivity index is 1.90. The summed E-state index contributed by atoms with van der Waals surface area (Å²) in [6.07, 6.45) is 0. The molecule has 1 unspecified atom stereocenters. The van der Waals surface area contributed by atoms with Crippen LogP contribution in [0.3, 0.4) is 0 Å². The van der Waals surface area contributed by atoms with Crippen LogP contribution in [0.4, 0.5) is 11.8 Å². The van der Waals surface area contributed by atoms with E-state index in [1.807, 2.05) is 20.0 Å². The Kier molecular flexibility index (Phi) is 4.93. The molecule has 19 heavy (non-hydrogen) atoms. The van der Waals surface area contributed by atoms with Crippen molar-refractivity contribution in [3.05, 3.63) is 11.8 Å². The van der Waals surface area contributed by atoms with Crippen LogP contribution in [0.1, 0.15) is 12.6 Å². The topological polar surface area (TPSA) is 62.3 Å². The zero-order valence-corrected chi connectivity index (χ0v) is 11.9. The van der Waals surface area contributed by atoms with Crippen LogP contribution < -0.4 is 10.6 Å². The minimum absolute atomic E-state index is 0.345. The normalized spacial score (nSPS) is 18.1. The van der Waals surface area contributed by atoms with Crippen LogP contribution in [0.5, 0.6) is 0 Å². The van der Waals surface area contributed by atoms with Crippen molar-refractivity contribution in [1.29, 1.82) is 0 Å². The Morgan fingerprint density at radius 2 is 2.11 bits per heavy atom. The first-order valence-electron chi connectivity index (χ1n) is 6.77. The number of hydrogen-bond donors (Lipinski definition) is 2. The molecule has 6 nitrogen and oxygen atoms in total. The maximum Gasteiger partial charge on any atom is 0.224 e. The monoisotopic (exact) mass is 265 g/mol. The molecule has 1 aromatic rings. The van der Waals surface area contributed by atoms with E-state index in [1.165, 1.54) is 0 Å². The molecule has 1 aromatic heterocycles. The predicted molar refractivity (Wildman–Crippen MR) is 76.7 cm³/mol. The number of morpholine rings is 1. The van der Waals surface area contributed by atoms with E-state index in [0.29, 0.717) is 12.0 Å². The van der Waals surface area contributed by atoms with E-state index >= 15 is 0 Å². The third kappa shape index (κ3) is 4.33. The number of ether oxygens (including phenoxy) is 1. The molecule has 0 amide bonds. The van der Waals surface area contributed by atoms with Crippen LogP contribution in [0.15, 0.2) is 6.07 Å². The average molecular weight is 265 g/mol. The van der Waals surface area contributed by atoms with E-state index in [0.717, 1.165) is 44.4 Å². The smallest absolute Gasteiger partial charge is 0.224 e. The summed E-state index contributed by atoms with van der Waals surface area (Å²) in [5.41, 5.74) is 0.959. The van der Waals surface area contributed by atoms with Gasteiger partial charge >= 0.3 is 0 Å². The summed E-state index contributed by atoms with van der Waals surface area (Å²) in [6, 6.07) is 2.31. The number of aryl methyl sites for hydroxylation is 1. The highest BCUT2D eigenvalue weighted by Crippen LogP contribution is 2.11. The summed E-state index contributed by atoms with van der Waals surface area (Å²) in [5, 5.41) is 6.40. The predicted octanol–water partition coefficient (Wildman–Crippen LogP) is 0.959. The lowest BCUT2D eigenvalue weighted by atomic mass is 10.3. The number of nitrogens with zero attached hydrogens (tertiary/aromatic N) is 3. The third-order valence-electron chi connectivity index (χ3n) is 3.11. The van der Waals surface area contributed by atoms with Gasteiger partial charge in [0.05, 0.1) is 13.2 Å². The molecule has 1 aliphatic rings. The molecule has 0 spiro atoms. The minimum Gasteiger partial charge on any atom is -0.379 e. The Morgan fingerprint density at radius 1 is 1.37 bits per heavy atom. The van der Waals surface area contributed by atoms with Crippen molar-refractivity contribution in [1.82, 2.24) is 14.9 Å². The van der Waals surface area contributed by atoms with Gasteiger partial charge in [-0.3, -0.25) is 4.90 Å². The Bertz CT molecular complexity index is 406. The van der Waals surface area contributed by atoms with Gasteiger partial charge in [0.15, 0.2) is 0 Å². The number of rotatable bonds is 5. The van der Waals surface area contributed by atoms with Crippen molar-refractivity contribution in [3.8, 4) is 0 Å². The van der Waals surface area contributed by atoms with Crippen LogP contribution in [0.2, 0.25) is 0 Å². The lowest BCUT2D eigenvalue weighted by Crippen LogP contribution is -2.42. The van der Waals surface area contributed by atoms with Gasteiger partial charge in [0, 0.05) is 44.5 Å². The zero-order chi connectivity index (χ0) is 13.7. The standard InChI is InChI=1S/C13H23N5O/c1-10-8-12(17-13(14-3)16-10)15-11(2)9-18-4-6-19-7-5-18/h8,11H,4-7,9H2,1-3H3,(H2,14,15,16,17). The molecule has 1 saturated heterocycles. The first-order chi connectivity index (χ1) is 9.17. The van der Waals surface area contributed by atoms with E-state index in [9.17, 15) is 0 Å². The van der Waals surface area contributed by atoms with E-state index in [1.54, 1.807) is 0 Å². The molecule has 0 aliphatic carbocycles. The molecular weight excluding hydrogens is 242 g/mol. The molecule has 2 heterocycles. The summed E-state index contributed by atoms with van der Waals surface area (Å²) in [6.45, 7) is 8.84. The molecule has 2 N–H and O–H groups in total. The molecule has 0 radical (unpaired) electrons. The lowest BCUT2D eigenvalue weighted by Gasteiger charge is -2.29. The number of anilines is 2. The summed E-state index contributed by atoms with van der Waals surface area (Å²) in [4.78, 5) is 11.1. The van der Waals surface area contributed by atoms with Gasteiger partial charge in [-0.2, -0.15) is 4.98 Å². The quantitative estimate of drug-likeness (QED) is 0.827. The molecular formula is C13H23N5O. The molecule has 1 aliphatic heterocycles. The van der Waals surface area contributed by atoms with Crippen molar-refractivity contribution in [2.45, 2.75) is 19.9 Å². The lowest BCUT2D eigenvalue weighted by molar-refractivity contribution is 0.0368. The van der Waals surface area contributed by atoms with Gasteiger partial charge in [-0.1, -0.05) is 0 Å². The maximum atomic E-state index is 5.35. The number of aromatic nitrogens is 2. The first-order valence-corrected chi connectivity index (χ1v) is 6.77. The summed E-state index contributed by atoms with van der Waals surface area (Å²) in [5.74, 6) is 1.53. The second kappa shape index (κ2) is 6.68. The number of hydrogen-bond acceptors (Lipinski definition) is 6. The largest absolute Gasteiger partial charge is 0.379 e. The Hall–Kier alpha value is -1.40. The van der Waals surface area contributed by atoms with Gasteiger partial charge in [0.2, 0.25) is 5.95 Å². The molecule has 0 saturated carbocycles. The summed E-state index contributed by atoms with van der Waals surface area (Å²) >= 11 is 0. The first kappa shape index (κ1) is 14.0. The van der Waals surface area contributed by atoms with E-state index in [-0.39, 0.29) is 0 Å². The van der Waals surface area contributed by atoms with Gasteiger partial charge in [-0.25, -0.2) is 4.98 Å². The second-order valence-electron chi connectivity index (χ2n) is 4.93. The molecule has 1 atom stereocenters. The zero-order valence-electron chi connectivity index (χ0n) is 11.9. The van der Waals surface area contributed by atoms with E-state index in [4.69, 9.17) is 4.74 Å². The fourth-order valence-electron chi connectivity index (χ4n) is 2.22. The summed E-state index contributed by atoms with van der Waals surface area (Å²) in [7, 11) is 1.83. The molecule has 2 rings (SSSR count). The SMILES string of the molecule is CNc1nc(C)cc(NC(C)CN2CCOCC2)n1. The molecule has 1 fully saturated rings. The Morgan fingerprint density at radius 3 is 2.79 bits per heavy atom. The fraction of sp³-hybridized carbons (Fsp3) is 0.692. The van der Waals surface area contributed by atoms with Crippen LogP contribution in [-0.2, 0) is 4.74 Å². The van der Waals surface area contributed by atoms with Crippen molar-refractivity contribution >= 4 is 11.8 Å². The maximum absolute atomic E-state index is 5.35. The van der Waals surface area contributed by atoms with Crippen LogP contribution >= 0.6 is 0 Å². The van der Waals surface area contributed by atoms with Crippen molar-refractivity contribution in [2.75, 3.05) is 50.5 Å². The fourth-order valence-corrected chi connectivity index (χ4v) is 2.22. The van der Waals surface area contributed by atoms with Gasteiger partial charge in [0.1, 0.15) is 5.82 Å². The average Bonchev–Trinajstić information content (AvgIpc) is 2.38. The Labute approximate surface area is 114 Å². The van der Waals surface area contributed by atoms with Crippen LogP contribution in [0, 0.1) is 6.92 Å². The van der Waals surface area contributed by atoms with E-state index in [2.05, 4.69) is 32.4 Å². The molecule has 106 valence electrons. The van der Waals surface area contributed by atoms with Gasteiger partial charge in [-0.05, 0) is 13.8 Å². The molecule has 0 bridgehead atoms. The van der Waals surface area contributed by atoms with E-state index < -0.39 is 0 Å². The van der Waals surface area contributed by atoms with Crippen molar-refractivity contribution in [2.24, 2.45) is 0 Å². The van der Waals surface area contributed by atoms with Gasteiger partial charge in [-0.15, -0.1) is 0 Å². The van der Waals surface area contributed by atoms with Gasteiger partial charge in [0.25, 0.3) is 0 Å². The minimum atomic E-state index is 0.345. The summed E-state index contributed by atoms with van der Waals surface area (Å²) < 4.78 is 5.35. The van der Waals surface area contributed by atoms with Gasteiger partial charge < -0.3 is 15.4 Å². The molecule has 0 aromatic carbocycles. The van der Waals surface area contributed by atoms with Crippen molar-refractivity contribution in [3.63, 3.8) is 0 Å². The highest BCUT2D eigenvalue weighted by atomic mass is 16.5. The van der Waals surface area contributed by atoms with Crippen molar-refractivity contribution < 1.29 is 4.74 Å². The van der Waals surface area contributed by atoms with Crippen LogP contribution in [-0.4, -0.2) is 60.8 Å². The number of nitrogens with one attached hydrogen (secondary N) is 2.